The molecule has 0 saturated heterocycles. The Bertz CT molecular complexity index is 805. The van der Waals surface area contributed by atoms with Gasteiger partial charge in [0, 0.05) is 29.0 Å². The number of nitrogens with two attached hydrogens (primary N) is 1. The fourth-order valence-electron chi connectivity index (χ4n) is 2.55. The number of aliphatic imine (C=N–C) groups is 1. The average molecular weight is 344 g/mol. The number of hydrogen-bond acceptors (Lipinski definition) is 4. The van der Waals surface area contributed by atoms with Crippen LogP contribution in [0.5, 0.6) is 5.75 Å². The van der Waals surface area contributed by atoms with Crippen molar-refractivity contribution in [3.05, 3.63) is 52.5 Å². The number of aryl methyl sites for hydroxylation is 1. The lowest BCUT2D eigenvalue weighted by Crippen LogP contribution is -2.36. The summed E-state index contributed by atoms with van der Waals surface area (Å²) in [7, 11) is 0. The number of anilines is 2. The van der Waals surface area contributed by atoms with Gasteiger partial charge in [0.15, 0.2) is 6.61 Å². The predicted octanol–water partition coefficient (Wildman–Crippen LogP) is 3.08. The summed E-state index contributed by atoms with van der Waals surface area (Å²) in [4.78, 5) is 18.6. The lowest BCUT2D eigenvalue weighted by Gasteiger charge is -2.22. The molecule has 0 bridgehead atoms. The number of benzodiazepines with no additional fused rings is 1. The number of nitrogens with zero attached hydrogens (tertiary/aromatic N) is 2. The van der Waals surface area contributed by atoms with Crippen molar-refractivity contribution in [1.82, 2.24) is 0 Å². The summed E-state index contributed by atoms with van der Waals surface area (Å²) >= 11 is 6.00. The Morgan fingerprint density at radius 2 is 2.17 bits per heavy atom. The molecule has 0 fully saturated rings. The third kappa shape index (κ3) is 3.51. The van der Waals surface area contributed by atoms with Crippen LogP contribution in [0.25, 0.3) is 0 Å². The van der Waals surface area contributed by atoms with Gasteiger partial charge in [0.25, 0.3) is 5.91 Å². The van der Waals surface area contributed by atoms with Crippen molar-refractivity contribution in [3.63, 3.8) is 0 Å². The Morgan fingerprint density at radius 1 is 1.33 bits per heavy atom. The number of ether oxygens (including phenoxy) is 1. The van der Waals surface area contributed by atoms with E-state index in [1.54, 1.807) is 29.3 Å². The van der Waals surface area contributed by atoms with Gasteiger partial charge < -0.3 is 15.4 Å². The zero-order valence-electron chi connectivity index (χ0n) is 13.3. The second-order valence-electron chi connectivity index (χ2n) is 5.60. The molecule has 2 aromatic carbocycles. The predicted molar refractivity (Wildman–Crippen MR) is 97.4 cm³/mol. The maximum Gasteiger partial charge on any atom is 0.264 e. The molecule has 3 rings (SSSR count). The number of hydrogen-bond donors (Lipinski definition) is 1. The summed E-state index contributed by atoms with van der Waals surface area (Å²) in [5, 5.41) is 0.671. The largest absolute Gasteiger partial charge is 0.484 e. The molecule has 1 heterocycles. The lowest BCUT2D eigenvalue weighted by molar-refractivity contribution is -0.120. The number of rotatable bonds is 3. The molecular weight excluding hydrogens is 326 g/mol. The second kappa shape index (κ2) is 6.93. The van der Waals surface area contributed by atoms with Gasteiger partial charge >= 0.3 is 0 Å². The molecule has 6 heteroatoms. The normalized spacial score (nSPS) is 13.3. The van der Waals surface area contributed by atoms with Crippen molar-refractivity contribution in [2.45, 2.75) is 6.92 Å². The zero-order chi connectivity index (χ0) is 17.1. The van der Waals surface area contributed by atoms with Gasteiger partial charge in [-0.25, -0.2) is 0 Å². The van der Waals surface area contributed by atoms with E-state index >= 15 is 0 Å². The van der Waals surface area contributed by atoms with Crippen molar-refractivity contribution in [2.24, 2.45) is 4.99 Å². The van der Waals surface area contributed by atoms with E-state index in [4.69, 9.17) is 22.1 Å². The van der Waals surface area contributed by atoms with Gasteiger partial charge in [-0.2, -0.15) is 0 Å². The highest BCUT2D eigenvalue weighted by atomic mass is 35.5. The number of nitrogen functional groups attached to an aromatic ring is 1. The molecule has 124 valence electrons. The fraction of sp³-hybridized carbons (Fsp3) is 0.222. The first-order valence-corrected chi connectivity index (χ1v) is 8.01. The summed E-state index contributed by atoms with van der Waals surface area (Å²) in [6.45, 7) is 2.89. The lowest BCUT2D eigenvalue weighted by atomic mass is 10.1. The van der Waals surface area contributed by atoms with E-state index < -0.39 is 0 Å². The van der Waals surface area contributed by atoms with Crippen molar-refractivity contribution in [2.75, 3.05) is 30.3 Å². The Hall–Kier alpha value is -2.53. The van der Waals surface area contributed by atoms with E-state index in [-0.39, 0.29) is 12.5 Å². The minimum absolute atomic E-state index is 0.0507. The van der Waals surface area contributed by atoms with E-state index in [1.807, 2.05) is 25.1 Å². The minimum Gasteiger partial charge on any atom is -0.484 e. The van der Waals surface area contributed by atoms with Gasteiger partial charge in [-0.1, -0.05) is 11.6 Å². The molecule has 2 N–H and O–H groups in total. The number of carbonyl (C=O) groups is 1. The molecule has 1 aliphatic rings. The molecule has 0 radical (unpaired) electrons. The zero-order valence-corrected chi connectivity index (χ0v) is 14.1. The number of benzene rings is 2. The molecule has 0 aromatic heterocycles. The maximum atomic E-state index is 12.6. The molecule has 5 nitrogen and oxygen atoms in total. The van der Waals surface area contributed by atoms with Crippen LogP contribution in [0.15, 0.2) is 41.4 Å². The van der Waals surface area contributed by atoms with Crippen LogP contribution < -0.4 is 15.4 Å². The van der Waals surface area contributed by atoms with Crippen molar-refractivity contribution in [1.29, 1.82) is 0 Å². The SMILES string of the molecule is Cc1cc(OCC(=O)N2CCN=Cc3cc(N)ccc32)ccc1Cl. The van der Waals surface area contributed by atoms with E-state index in [0.29, 0.717) is 29.5 Å². The van der Waals surface area contributed by atoms with Crippen LogP contribution in [0.4, 0.5) is 11.4 Å². The first-order valence-electron chi connectivity index (χ1n) is 7.63. The van der Waals surface area contributed by atoms with E-state index in [9.17, 15) is 4.79 Å². The van der Waals surface area contributed by atoms with Crippen molar-refractivity contribution < 1.29 is 9.53 Å². The van der Waals surface area contributed by atoms with Crippen LogP contribution in [0.2, 0.25) is 5.02 Å². The monoisotopic (exact) mass is 343 g/mol. The smallest absolute Gasteiger partial charge is 0.264 e. The highest BCUT2D eigenvalue weighted by Gasteiger charge is 2.20. The highest BCUT2D eigenvalue weighted by Crippen LogP contribution is 2.24. The van der Waals surface area contributed by atoms with Crippen LogP contribution in [0, 0.1) is 6.92 Å². The van der Waals surface area contributed by atoms with Crippen LogP contribution in [0.3, 0.4) is 0 Å². The summed E-state index contributed by atoms with van der Waals surface area (Å²) < 4.78 is 5.62. The van der Waals surface area contributed by atoms with E-state index in [2.05, 4.69) is 4.99 Å². The number of halogens is 1. The van der Waals surface area contributed by atoms with Crippen LogP contribution in [-0.4, -0.2) is 31.8 Å². The molecule has 1 amide bonds. The first kappa shape index (κ1) is 16.3. The summed E-state index contributed by atoms with van der Waals surface area (Å²) in [6.07, 6.45) is 1.75. The standard InChI is InChI=1S/C18H18ClN3O2/c1-12-8-15(3-4-16(12)19)24-11-18(23)22-7-6-21-10-13-9-14(20)2-5-17(13)22/h2-5,8-10H,6-7,11,20H2,1H3. The fourth-order valence-corrected chi connectivity index (χ4v) is 2.67. The average Bonchev–Trinajstić information content (AvgIpc) is 2.77. The van der Waals surface area contributed by atoms with Gasteiger partial charge in [0.05, 0.1) is 12.2 Å². The molecule has 2 aromatic rings. The van der Waals surface area contributed by atoms with Crippen LogP contribution >= 0.6 is 11.6 Å². The summed E-state index contributed by atoms with van der Waals surface area (Å²) in [6, 6.07) is 10.8. The quantitative estimate of drug-likeness (QED) is 0.871. The van der Waals surface area contributed by atoms with E-state index in [1.165, 1.54) is 0 Å². The third-order valence-corrected chi connectivity index (χ3v) is 4.24. The van der Waals surface area contributed by atoms with Gasteiger partial charge in [0.1, 0.15) is 5.75 Å². The topological polar surface area (TPSA) is 67.9 Å². The van der Waals surface area contributed by atoms with Gasteiger partial charge in [-0.15, -0.1) is 0 Å². The highest BCUT2D eigenvalue weighted by molar-refractivity contribution is 6.31. The first-order chi connectivity index (χ1) is 11.5. The Balaban J connectivity index is 1.74. The molecule has 0 atom stereocenters. The molecule has 0 unspecified atom stereocenters. The molecule has 24 heavy (non-hydrogen) atoms. The van der Waals surface area contributed by atoms with Gasteiger partial charge in [-0.3, -0.25) is 9.79 Å². The Labute approximate surface area is 145 Å². The summed E-state index contributed by atoms with van der Waals surface area (Å²) in [5.74, 6) is 0.493. The molecule has 0 saturated carbocycles. The number of carbonyl (C=O) groups excluding carboxylic acids is 1. The minimum atomic E-state index is -0.126. The molecule has 0 spiro atoms. The maximum absolute atomic E-state index is 12.6. The molecule has 1 aliphatic heterocycles. The van der Waals surface area contributed by atoms with Gasteiger partial charge in [0.2, 0.25) is 0 Å². The summed E-state index contributed by atoms with van der Waals surface area (Å²) in [5.41, 5.74) is 9.00. The number of amides is 1. The Kier molecular flexibility index (Phi) is 4.71. The molecule has 0 aliphatic carbocycles. The van der Waals surface area contributed by atoms with Crippen molar-refractivity contribution in [3.8, 4) is 5.75 Å². The molecular formula is C18H18ClN3O2. The van der Waals surface area contributed by atoms with E-state index in [0.717, 1.165) is 16.8 Å². The van der Waals surface area contributed by atoms with Crippen molar-refractivity contribution >= 4 is 35.1 Å². The number of fused-ring (bicyclic) bond motifs is 1. The second-order valence-corrected chi connectivity index (χ2v) is 6.01. The van der Waals surface area contributed by atoms with Gasteiger partial charge in [-0.05, 0) is 48.9 Å². The third-order valence-electron chi connectivity index (χ3n) is 3.82. The Morgan fingerprint density at radius 3 is 2.96 bits per heavy atom. The van der Waals surface area contributed by atoms with Crippen LogP contribution in [-0.2, 0) is 4.79 Å². The van der Waals surface area contributed by atoms with Crippen LogP contribution in [0.1, 0.15) is 11.1 Å².